The SMILES string of the molecule is CCc1nnc([C@H](C)N2CC[C@H](c3ccccc3)C2)o1. The molecule has 0 N–H and O–H groups in total. The molecule has 0 aliphatic carbocycles. The van der Waals surface area contributed by atoms with Crippen molar-refractivity contribution in [1.82, 2.24) is 15.1 Å². The van der Waals surface area contributed by atoms with Crippen molar-refractivity contribution in [2.45, 2.75) is 38.6 Å². The van der Waals surface area contributed by atoms with Crippen molar-refractivity contribution in [2.24, 2.45) is 0 Å². The summed E-state index contributed by atoms with van der Waals surface area (Å²) in [4.78, 5) is 2.44. The molecule has 20 heavy (non-hydrogen) atoms. The summed E-state index contributed by atoms with van der Waals surface area (Å²) in [5.41, 5.74) is 1.43. The van der Waals surface area contributed by atoms with Crippen LogP contribution in [-0.4, -0.2) is 28.2 Å². The van der Waals surface area contributed by atoms with Gasteiger partial charge in [-0.15, -0.1) is 10.2 Å². The van der Waals surface area contributed by atoms with E-state index in [0.29, 0.717) is 5.92 Å². The predicted octanol–water partition coefficient (Wildman–Crippen LogP) is 3.18. The molecule has 4 nitrogen and oxygen atoms in total. The summed E-state index contributed by atoms with van der Waals surface area (Å²) in [5.74, 6) is 2.09. The first-order chi connectivity index (χ1) is 9.78. The number of rotatable bonds is 4. The van der Waals surface area contributed by atoms with E-state index in [1.165, 1.54) is 12.0 Å². The number of benzene rings is 1. The van der Waals surface area contributed by atoms with Crippen LogP contribution in [0, 0.1) is 0 Å². The van der Waals surface area contributed by atoms with E-state index in [4.69, 9.17) is 4.42 Å². The number of likely N-dealkylation sites (tertiary alicyclic amines) is 1. The van der Waals surface area contributed by atoms with Gasteiger partial charge in [0.15, 0.2) is 0 Å². The molecule has 106 valence electrons. The molecule has 2 atom stereocenters. The Bertz CT molecular complexity index is 552. The molecule has 2 aromatic rings. The van der Waals surface area contributed by atoms with E-state index in [9.17, 15) is 0 Å². The molecule has 0 spiro atoms. The van der Waals surface area contributed by atoms with Gasteiger partial charge in [0.25, 0.3) is 0 Å². The smallest absolute Gasteiger partial charge is 0.233 e. The molecule has 0 unspecified atom stereocenters. The third kappa shape index (κ3) is 2.61. The number of hydrogen-bond acceptors (Lipinski definition) is 4. The van der Waals surface area contributed by atoms with Crippen LogP contribution in [0.15, 0.2) is 34.7 Å². The van der Waals surface area contributed by atoms with E-state index in [1.807, 2.05) is 6.92 Å². The van der Waals surface area contributed by atoms with E-state index in [0.717, 1.165) is 31.3 Å². The molecule has 0 saturated carbocycles. The second-order valence-corrected chi connectivity index (χ2v) is 5.45. The lowest BCUT2D eigenvalue weighted by Gasteiger charge is -2.21. The minimum Gasteiger partial charge on any atom is -0.424 e. The van der Waals surface area contributed by atoms with Crippen molar-refractivity contribution < 1.29 is 4.42 Å². The summed E-state index contributed by atoms with van der Waals surface area (Å²) < 4.78 is 5.68. The van der Waals surface area contributed by atoms with E-state index in [2.05, 4.69) is 52.4 Å². The van der Waals surface area contributed by atoms with Crippen molar-refractivity contribution in [3.8, 4) is 0 Å². The lowest BCUT2D eigenvalue weighted by atomic mass is 9.99. The van der Waals surface area contributed by atoms with Gasteiger partial charge in [0.2, 0.25) is 11.8 Å². The molecule has 4 heteroatoms. The van der Waals surface area contributed by atoms with Crippen molar-refractivity contribution in [1.29, 1.82) is 0 Å². The molecular formula is C16H21N3O. The third-order valence-electron chi connectivity index (χ3n) is 4.18. The molecule has 1 aromatic heterocycles. The van der Waals surface area contributed by atoms with Crippen LogP contribution < -0.4 is 0 Å². The highest BCUT2D eigenvalue weighted by atomic mass is 16.4. The fourth-order valence-electron chi connectivity index (χ4n) is 2.87. The van der Waals surface area contributed by atoms with Crippen LogP contribution in [0.2, 0.25) is 0 Å². The zero-order valence-electron chi connectivity index (χ0n) is 12.1. The maximum Gasteiger partial charge on any atom is 0.233 e. The molecule has 1 aromatic carbocycles. The van der Waals surface area contributed by atoms with Crippen LogP contribution >= 0.6 is 0 Å². The number of hydrogen-bond donors (Lipinski definition) is 0. The van der Waals surface area contributed by atoms with Gasteiger partial charge in [-0.25, -0.2) is 0 Å². The Balaban J connectivity index is 1.67. The van der Waals surface area contributed by atoms with Crippen molar-refractivity contribution in [2.75, 3.05) is 13.1 Å². The van der Waals surface area contributed by atoms with E-state index in [-0.39, 0.29) is 6.04 Å². The summed E-state index contributed by atoms with van der Waals surface area (Å²) >= 11 is 0. The van der Waals surface area contributed by atoms with Crippen molar-refractivity contribution >= 4 is 0 Å². The minimum atomic E-state index is 0.205. The number of aromatic nitrogens is 2. The summed E-state index contributed by atoms with van der Waals surface area (Å²) in [6, 6.07) is 11.0. The predicted molar refractivity (Wildman–Crippen MR) is 77.5 cm³/mol. The molecule has 3 rings (SSSR count). The summed E-state index contributed by atoms with van der Waals surface area (Å²) in [6.07, 6.45) is 2.00. The monoisotopic (exact) mass is 271 g/mol. The lowest BCUT2D eigenvalue weighted by molar-refractivity contribution is 0.219. The first-order valence-electron chi connectivity index (χ1n) is 7.39. The minimum absolute atomic E-state index is 0.205. The fourth-order valence-corrected chi connectivity index (χ4v) is 2.87. The van der Waals surface area contributed by atoms with Gasteiger partial charge >= 0.3 is 0 Å². The Morgan fingerprint density at radius 3 is 2.80 bits per heavy atom. The second kappa shape index (κ2) is 5.75. The van der Waals surface area contributed by atoms with Gasteiger partial charge in [-0.1, -0.05) is 37.3 Å². The average Bonchev–Trinajstić information content (AvgIpc) is 3.17. The molecule has 0 bridgehead atoms. The van der Waals surface area contributed by atoms with Crippen LogP contribution in [0.5, 0.6) is 0 Å². The van der Waals surface area contributed by atoms with Gasteiger partial charge in [0, 0.05) is 13.0 Å². The quantitative estimate of drug-likeness (QED) is 0.856. The molecule has 1 fully saturated rings. The third-order valence-corrected chi connectivity index (χ3v) is 4.18. The molecule has 2 heterocycles. The fraction of sp³-hybridized carbons (Fsp3) is 0.500. The zero-order chi connectivity index (χ0) is 13.9. The van der Waals surface area contributed by atoms with Gasteiger partial charge in [-0.2, -0.15) is 0 Å². The standard InChI is InChI=1S/C16H21N3O/c1-3-15-17-18-16(20-15)12(2)19-10-9-14(11-19)13-7-5-4-6-8-13/h4-8,12,14H,3,9-11H2,1-2H3/t12-,14-/m0/s1. The Labute approximate surface area is 119 Å². The van der Waals surface area contributed by atoms with Crippen molar-refractivity contribution in [3.63, 3.8) is 0 Å². The van der Waals surface area contributed by atoms with Gasteiger partial charge in [0.05, 0.1) is 6.04 Å². The first kappa shape index (κ1) is 13.3. The maximum atomic E-state index is 5.68. The second-order valence-electron chi connectivity index (χ2n) is 5.45. The summed E-state index contributed by atoms with van der Waals surface area (Å²) in [6.45, 7) is 6.34. The van der Waals surface area contributed by atoms with Crippen LogP contribution in [0.1, 0.15) is 49.6 Å². The van der Waals surface area contributed by atoms with Gasteiger partial charge in [-0.05, 0) is 31.4 Å². The number of aryl methyl sites for hydroxylation is 1. The normalized spacial score (nSPS) is 21.2. The van der Waals surface area contributed by atoms with Gasteiger partial charge < -0.3 is 4.42 Å². The number of nitrogens with zero attached hydrogens (tertiary/aromatic N) is 3. The molecular weight excluding hydrogens is 250 g/mol. The Morgan fingerprint density at radius 1 is 1.30 bits per heavy atom. The topological polar surface area (TPSA) is 42.2 Å². The van der Waals surface area contributed by atoms with Gasteiger partial charge in [-0.3, -0.25) is 4.90 Å². The molecule has 1 saturated heterocycles. The Morgan fingerprint density at radius 2 is 2.10 bits per heavy atom. The Kier molecular flexibility index (Phi) is 3.83. The molecule has 0 radical (unpaired) electrons. The highest BCUT2D eigenvalue weighted by Crippen LogP contribution is 2.32. The molecule has 1 aliphatic heterocycles. The van der Waals surface area contributed by atoms with Crippen LogP contribution in [0.25, 0.3) is 0 Å². The highest BCUT2D eigenvalue weighted by Gasteiger charge is 2.30. The largest absolute Gasteiger partial charge is 0.424 e. The maximum absolute atomic E-state index is 5.68. The van der Waals surface area contributed by atoms with Crippen LogP contribution in [0.4, 0.5) is 0 Å². The van der Waals surface area contributed by atoms with E-state index in [1.54, 1.807) is 0 Å². The zero-order valence-corrected chi connectivity index (χ0v) is 12.1. The van der Waals surface area contributed by atoms with E-state index >= 15 is 0 Å². The molecule has 1 aliphatic rings. The first-order valence-corrected chi connectivity index (χ1v) is 7.39. The van der Waals surface area contributed by atoms with Crippen molar-refractivity contribution in [3.05, 3.63) is 47.7 Å². The van der Waals surface area contributed by atoms with Crippen LogP contribution in [-0.2, 0) is 6.42 Å². The Hall–Kier alpha value is -1.68. The van der Waals surface area contributed by atoms with Crippen LogP contribution in [0.3, 0.4) is 0 Å². The summed E-state index contributed by atoms with van der Waals surface area (Å²) in [5, 5.41) is 8.23. The van der Waals surface area contributed by atoms with Gasteiger partial charge in [0.1, 0.15) is 0 Å². The van der Waals surface area contributed by atoms with E-state index < -0.39 is 0 Å². The summed E-state index contributed by atoms with van der Waals surface area (Å²) in [7, 11) is 0. The lowest BCUT2D eigenvalue weighted by Crippen LogP contribution is -2.24. The highest BCUT2D eigenvalue weighted by molar-refractivity contribution is 5.21. The average molecular weight is 271 g/mol. The molecule has 0 amide bonds.